The number of aromatic nitrogens is 2. The van der Waals surface area contributed by atoms with Crippen LogP contribution in [0.25, 0.3) is 22.4 Å². The van der Waals surface area contributed by atoms with Gasteiger partial charge in [0, 0.05) is 11.5 Å². The Kier molecular flexibility index (Phi) is 5.19. The quantitative estimate of drug-likeness (QED) is 0.432. The van der Waals surface area contributed by atoms with E-state index in [-0.39, 0.29) is 12.5 Å². The summed E-state index contributed by atoms with van der Waals surface area (Å²) < 4.78 is 7.42. The highest BCUT2D eigenvalue weighted by Gasteiger charge is 2.29. The third kappa shape index (κ3) is 3.52. The second-order valence-corrected chi connectivity index (χ2v) is 7.59. The average molecular weight is 419 g/mol. The lowest BCUT2D eigenvalue weighted by molar-refractivity contribution is 0.158. The molecule has 0 unspecified atom stereocenters. The molecule has 1 N–H and O–H groups in total. The molecule has 1 amide bonds. The molecule has 1 heterocycles. The predicted molar refractivity (Wildman–Crippen MR) is 125 cm³/mol. The van der Waals surface area contributed by atoms with E-state index in [9.17, 15) is 4.79 Å². The van der Waals surface area contributed by atoms with Crippen LogP contribution in [0.15, 0.2) is 85.2 Å². The first kappa shape index (κ1) is 19.7. The minimum Gasteiger partial charge on any atom is -0.448 e. The van der Waals surface area contributed by atoms with Gasteiger partial charge >= 0.3 is 6.09 Å². The molecule has 5 heteroatoms. The van der Waals surface area contributed by atoms with Crippen molar-refractivity contribution < 1.29 is 9.53 Å². The van der Waals surface area contributed by atoms with Crippen molar-refractivity contribution in [3.63, 3.8) is 0 Å². The van der Waals surface area contributed by atoms with E-state index in [1.807, 2.05) is 54.6 Å². The molecule has 0 aliphatic heterocycles. The summed E-state index contributed by atoms with van der Waals surface area (Å²) in [6, 6.07) is 26.2. The van der Waals surface area contributed by atoms with Crippen LogP contribution < -0.4 is 5.32 Å². The summed E-state index contributed by atoms with van der Waals surface area (Å²) in [4.78, 5) is 17.3. The van der Waals surface area contributed by atoms with Crippen LogP contribution in [0.3, 0.4) is 0 Å². The maximum Gasteiger partial charge on any atom is 0.412 e. The van der Waals surface area contributed by atoms with Crippen LogP contribution in [0.1, 0.15) is 17.0 Å². The largest absolute Gasteiger partial charge is 0.448 e. The fraction of sp³-hybridized carbons (Fsp3) is 0.111. The second kappa shape index (κ2) is 8.44. The van der Waals surface area contributed by atoms with Crippen LogP contribution in [-0.4, -0.2) is 22.3 Å². The lowest BCUT2D eigenvalue weighted by Crippen LogP contribution is -2.20. The zero-order valence-corrected chi connectivity index (χ0v) is 17.4. The van der Waals surface area contributed by atoms with E-state index < -0.39 is 6.09 Å². The van der Waals surface area contributed by atoms with Crippen molar-refractivity contribution in [1.82, 2.24) is 9.55 Å². The molecular weight excluding hydrogens is 398 g/mol. The van der Waals surface area contributed by atoms with Crippen LogP contribution in [0.4, 0.5) is 10.6 Å². The molecule has 0 saturated carbocycles. The fourth-order valence-corrected chi connectivity index (χ4v) is 4.27. The molecule has 4 aromatic rings. The first-order valence-corrected chi connectivity index (χ1v) is 10.4. The molecule has 0 atom stereocenters. The number of amides is 1. The molecule has 1 aliphatic carbocycles. The molecule has 1 aliphatic rings. The molecule has 0 saturated heterocycles. The molecule has 0 fully saturated rings. The van der Waals surface area contributed by atoms with Gasteiger partial charge in [0.25, 0.3) is 0 Å². The predicted octanol–water partition coefficient (Wildman–Crippen LogP) is 5.54. The molecule has 32 heavy (non-hydrogen) atoms. The Bertz CT molecular complexity index is 1270. The van der Waals surface area contributed by atoms with E-state index in [4.69, 9.17) is 11.2 Å². The second-order valence-electron chi connectivity index (χ2n) is 7.59. The third-order valence-corrected chi connectivity index (χ3v) is 5.71. The number of nitrogens with one attached hydrogen (secondary N) is 1. The van der Waals surface area contributed by atoms with Crippen LogP contribution in [0, 0.1) is 12.3 Å². The monoisotopic (exact) mass is 419 g/mol. The highest BCUT2D eigenvalue weighted by atomic mass is 16.5. The molecule has 5 rings (SSSR count). The smallest absolute Gasteiger partial charge is 0.412 e. The topological polar surface area (TPSA) is 56.2 Å². The van der Waals surface area contributed by atoms with Crippen molar-refractivity contribution in [2.75, 3.05) is 11.9 Å². The third-order valence-electron chi connectivity index (χ3n) is 5.71. The summed E-state index contributed by atoms with van der Waals surface area (Å²) >= 11 is 0. The van der Waals surface area contributed by atoms with Gasteiger partial charge in [-0.05, 0) is 22.3 Å². The number of carbonyl (C=O) groups is 1. The van der Waals surface area contributed by atoms with E-state index in [0.29, 0.717) is 18.1 Å². The molecule has 1 aromatic heterocycles. The van der Waals surface area contributed by atoms with Gasteiger partial charge in [-0.2, -0.15) is 0 Å². The van der Waals surface area contributed by atoms with E-state index in [0.717, 1.165) is 5.56 Å². The van der Waals surface area contributed by atoms with Gasteiger partial charge in [-0.25, -0.2) is 9.78 Å². The standard InChI is InChI=1S/C27H21N3O2/c1-2-16-30-18-28-25(19-10-4-3-5-11-19)26(30)29-27(31)32-17-24-22-14-8-6-12-20(22)21-13-7-9-15-23(21)24/h1,3-15,18,24H,16-17H2,(H,29,31). The number of imidazole rings is 1. The zero-order valence-electron chi connectivity index (χ0n) is 17.4. The van der Waals surface area contributed by atoms with Crippen LogP contribution in [0.5, 0.6) is 0 Å². The number of nitrogens with zero attached hydrogens (tertiary/aromatic N) is 2. The van der Waals surface area contributed by atoms with Gasteiger partial charge in [-0.1, -0.05) is 84.8 Å². The maximum atomic E-state index is 12.8. The van der Waals surface area contributed by atoms with Gasteiger partial charge in [0.05, 0.1) is 12.9 Å². The number of rotatable bonds is 5. The number of anilines is 1. The van der Waals surface area contributed by atoms with Crippen molar-refractivity contribution in [3.05, 3.63) is 96.3 Å². The van der Waals surface area contributed by atoms with Gasteiger partial charge in [0.2, 0.25) is 0 Å². The minimum absolute atomic E-state index is 0.00244. The summed E-state index contributed by atoms with van der Waals surface area (Å²) in [6.45, 7) is 0.530. The van der Waals surface area contributed by atoms with Gasteiger partial charge in [0.1, 0.15) is 18.1 Å². The Morgan fingerprint density at radius 2 is 1.59 bits per heavy atom. The van der Waals surface area contributed by atoms with Gasteiger partial charge < -0.3 is 9.30 Å². The van der Waals surface area contributed by atoms with Crippen molar-refractivity contribution in [2.24, 2.45) is 0 Å². The number of benzene rings is 3. The first-order valence-electron chi connectivity index (χ1n) is 10.4. The van der Waals surface area contributed by atoms with Crippen molar-refractivity contribution in [3.8, 4) is 34.7 Å². The highest BCUT2D eigenvalue weighted by Crippen LogP contribution is 2.44. The molecule has 0 spiro atoms. The summed E-state index contributed by atoms with van der Waals surface area (Å²) in [7, 11) is 0. The minimum atomic E-state index is -0.539. The van der Waals surface area contributed by atoms with Gasteiger partial charge in [-0.3, -0.25) is 5.32 Å². The lowest BCUT2D eigenvalue weighted by atomic mass is 9.98. The van der Waals surface area contributed by atoms with Crippen molar-refractivity contribution in [1.29, 1.82) is 0 Å². The summed E-state index contributed by atoms with van der Waals surface area (Å²) in [5.74, 6) is 3.11. The van der Waals surface area contributed by atoms with Crippen molar-refractivity contribution in [2.45, 2.75) is 12.5 Å². The summed E-state index contributed by atoms with van der Waals surface area (Å²) in [5, 5.41) is 2.86. The number of carbonyl (C=O) groups excluding carboxylic acids is 1. The lowest BCUT2D eigenvalue weighted by Gasteiger charge is -2.15. The van der Waals surface area contributed by atoms with Crippen LogP contribution >= 0.6 is 0 Å². The molecule has 0 radical (unpaired) electrons. The molecular formula is C27H21N3O2. The Morgan fingerprint density at radius 3 is 2.25 bits per heavy atom. The van der Waals surface area contributed by atoms with Crippen molar-refractivity contribution >= 4 is 11.9 Å². The average Bonchev–Trinajstić information content (AvgIpc) is 3.37. The van der Waals surface area contributed by atoms with Crippen LogP contribution in [0.2, 0.25) is 0 Å². The van der Waals surface area contributed by atoms with E-state index in [2.05, 4.69) is 40.5 Å². The normalized spacial score (nSPS) is 12.0. The van der Waals surface area contributed by atoms with Crippen LogP contribution in [-0.2, 0) is 11.3 Å². The Labute approximate surface area is 186 Å². The highest BCUT2D eigenvalue weighted by molar-refractivity contribution is 5.89. The fourth-order valence-electron chi connectivity index (χ4n) is 4.27. The van der Waals surface area contributed by atoms with E-state index >= 15 is 0 Å². The Hall–Kier alpha value is -4.30. The van der Waals surface area contributed by atoms with E-state index in [1.165, 1.54) is 22.3 Å². The van der Waals surface area contributed by atoms with E-state index in [1.54, 1.807) is 10.9 Å². The van der Waals surface area contributed by atoms with Gasteiger partial charge in [-0.15, -0.1) is 6.42 Å². The summed E-state index contributed by atoms with van der Waals surface area (Å²) in [5.41, 5.74) is 6.26. The number of fused-ring (bicyclic) bond motifs is 3. The number of hydrogen-bond acceptors (Lipinski definition) is 3. The molecule has 156 valence electrons. The number of ether oxygens (including phenoxy) is 1. The molecule has 0 bridgehead atoms. The first-order chi connectivity index (χ1) is 15.8. The zero-order chi connectivity index (χ0) is 21.9. The number of hydrogen-bond donors (Lipinski definition) is 1. The Balaban J connectivity index is 1.37. The Morgan fingerprint density at radius 1 is 0.969 bits per heavy atom. The number of terminal acetylenes is 1. The maximum absolute atomic E-state index is 12.8. The summed E-state index contributed by atoms with van der Waals surface area (Å²) in [6.07, 6.45) is 6.58. The van der Waals surface area contributed by atoms with Gasteiger partial charge in [0.15, 0.2) is 0 Å². The molecule has 3 aromatic carbocycles. The SMILES string of the molecule is C#CCn1cnc(-c2ccccc2)c1NC(=O)OCC1c2ccccc2-c2ccccc21. The molecule has 5 nitrogen and oxygen atoms in total.